The van der Waals surface area contributed by atoms with Crippen LogP contribution in [0.4, 0.5) is 0 Å². The van der Waals surface area contributed by atoms with Gasteiger partial charge >= 0.3 is 5.69 Å². The molecule has 4 atom stereocenters. The maximum atomic E-state index is 13.6. The van der Waals surface area contributed by atoms with E-state index >= 15 is 0 Å². The van der Waals surface area contributed by atoms with E-state index in [1.165, 1.54) is 17.8 Å². The average molecular weight is 689 g/mol. The number of Topliss-reactive ketones (excluding diaryl/α,β-unsaturated/α-hetero) is 1. The van der Waals surface area contributed by atoms with E-state index in [-0.39, 0.29) is 22.9 Å². The van der Waals surface area contributed by atoms with Gasteiger partial charge in [0.2, 0.25) is 5.78 Å². The molecule has 3 heterocycles. The van der Waals surface area contributed by atoms with E-state index in [1.807, 2.05) is 67.7 Å². The van der Waals surface area contributed by atoms with Gasteiger partial charge in [-0.05, 0) is 43.2 Å². The van der Waals surface area contributed by atoms with Crippen LogP contribution in [0.15, 0.2) is 26.9 Å². The molecule has 3 N–H and O–H groups in total. The summed E-state index contributed by atoms with van der Waals surface area (Å²) < 4.78 is 54.7. The van der Waals surface area contributed by atoms with E-state index in [9.17, 15) is 27.6 Å². The summed E-state index contributed by atoms with van der Waals surface area (Å²) in [4.78, 5) is 50.1. The Balaban J connectivity index is 2.35. The number of aryl methyl sites for hydroxylation is 1. The highest BCUT2D eigenvalue weighted by Gasteiger charge is 2.68. The van der Waals surface area contributed by atoms with Crippen LogP contribution in [-0.4, -0.2) is 76.8 Å². The molecule has 14 nitrogen and oxygen atoms in total. The molecule has 0 saturated carbocycles. The second-order valence-corrected chi connectivity index (χ2v) is 25.7. The topological polar surface area (TPSA) is 187 Å². The molecule has 1 aromatic heterocycles. The van der Waals surface area contributed by atoms with Crippen LogP contribution in [0.5, 0.6) is 0 Å². The summed E-state index contributed by atoms with van der Waals surface area (Å²) in [5, 5.41) is 2.96. The van der Waals surface area contributed by atoms with E-state index in [0.29, 0.717) is 0 Å². The van der Waals surface area contributed by atoms with Crippen molar-refractivity contribution < 1.29 is 35.8 Å². The number of ether oxygens (including phenoxy) is 1. The second-order valence-electron chi connectivity index (χ2n) is 14.8. The quantitative estimate of drug-likeness (QED) is 0.207. The molecule has 0 unspecified atom stereocenters. The Bertz CT molecular complexity index is 1620. The SMILES string of the molecule is Cc1cn([C@@H]2O[C@H](CO[Si](C)(C)C(C)(C)C)[C@@]3(OS(=O)(=O)C=C3NCC(=O)C(N)=O)[C@H]2O[Si](C)(C)C(C)(C)C)c(=O)n(C)c1=O. The number of rotatable bonds is 10. The summed E-state index contributed by atoms with van der Waals surface area (Å²) in [6.45, 7) is 20.8. The molecular weight excluding hydrogens is 641 g/mol. The molecule has 1 aromatic rings. The molecule has 0 bridgehead atoms. The van der Waals surface area contributed by atoms with Crippen molar-refractivity contribution in [1.29, 1.82) is 0 Å². The highest BCUT2D eigenvalue weighted by atomic mass is 32.2. The number of hydrogen-bond acceptors (Lipinski definition) is 11. The van der Waals surface area contributed by atoms with Gasteiger partial charge in [0.1, 0.15) is 12.2 Å². The van der Waals surface area contributed by atoms with Crippen molar-refractivity contribution in [2.24, 2.45) is 12.8 Å². The number of primary amides is 1. The highest BCUT2D eigenvalue weighted by molar-refractivity contribution is 7.90. The van der Waals surface area contributed by atoms with E-state index in [0.717, 1.165) is 9.98 Å². The zero-order valence-electron chi connectivity index (χ0n) is 28.3. The first kappa shape index (κ1) is 37.0. The van der Waals surface area contributed by atoms with Crippen LogP contribution in [0, 0.1) is 6.92 Å². The molecule has 0 radical (unpaired) electrons. The van der Waals surface area contributed by atoms with Crippen LogP contribution in [-0.2, 0) is 44.5 Å². The van der Waals surface area contributed by atoms with Crippen molar-refractivity contribution in [2.75, 3.05) is 13.2 Å². The largest absolute Gasteiger partial charge is 0.414 e. The monoisotopic (exact) mass is 688 g/mol. The van der Waals surface area contributed by atoms with Crippen molar-refractivity contribution in [3.63, 3.8) is 0 Å². The highest BCUT2D eigenvalue weighted by Crippen LogP contribution is 2.52. The molecule has 254 valence electrons. The Hall–Kier alpha value is -2.42. The number of hydrogen-bond donors (Lipinski definition) is 2. The smallest absolute Gasteiger partial charge is 0.332 e. The molecule has 1 amide bonds. The number of nitrogens with zero attached hydrogens (tertiary/aromatic N) is 2. The molecule has 1 spiro atoms. The van der Waals surface area contributed by atoms with Crippen LogP contribution in [0.2, 0.25) is 36.3 Å². The third kappa shape index (κ3) is 6.98. The Labute approximate surface area is 266 Å². The summed E-state index contributed by atoms with van der Waals surface area (Å²) in [5.74, 6) is -2.20. The summed E-state index contributed by atoms with van der Waals surface area (Å²) in [6, 6.07) is 0. The van der Waals surface area contributed by atoms with Gasteiger partial charge in [-0.2, -0.15) is 8.42 Å². The molecule has 0 aromatic carbocycles. The first-order valence-electron chi connectivity index (χ1n) is 14.7. The lowest BCUT2D eigenvalue weighted by atomic mass is 9.89. The Morgan fingerprint density at radius 2 is 1.62 bits per heavy atom. The number of carbonyl (C=O) groups excluding carboxylic acids is 2. The van der Waals surface area contributed by atoms with Crippen molar-refractivity contribution >= 4 is 38.4 Å². The number of nitrogens with two attached hydrogens (primary N) is 1. The summed E-state index contributed by atoms with van der Waals surface area (Å²) in [5.41, 5.74) is 2.10. The van der Waals surface area contributed by atoms with Gasteiger partial charge in [0.15, 0.2) is 28.5 Å². The number of carbonyl (C=O) groups is 2. The van der Waals surface area contributed by atoms with Gasteiger partial charge < -0.3 is 24.6 Å². The zero-order chi connectivity index (χ0) is 34.7. The summed E-state index contributed by atoms with van der Waals surface area (Å²) in [6.07, 6.45) is -2.45. The predicted molar refractivity (Wildman–Crippen MR) is 173 cm³/mol. The van der Waals surface area contributed by atoms with Crippen molar-refractivity contribution in [3.8, 4) is 0 Å². The lowest BCUT2D eigenvalue weighted by molar-refractivity contribution is -0.135. The third-order valence-electron chi connectivity index (χ3n) is 9.50. The first-order valence-corrected chi connectivity index (χ1v) is 22.0. The normalized spacial score (nSPS) is 25.4. The van der Waals surface area contributed by atoms with Crippen molar-refractivity contribution in [3.05, 3.63) is 43.7 Å². The van der Waals surface area contributed by atoms with Crippen molar-refractivity contribution in [2.45, 2.75) is 109 Å². The van der Waals surface area contributed by atoms with Crippen LogP contribution in [0.25, 0.3) is 0 Å². The minimum Gasteiger partial charge on any atom is -0.414 e. The standard InChI is InChI=1S/C28H48N4O10SSi2/c1-17-14-32(25(36)31(8)23(17)35)24-21(41-45(11,12)27(5,6)7)28(20(40-24)15-39-44(9,10)26(2,3)4)19(16-43(37,38)42-28)30-13-18(33)22(29)34/h14,16,20-21,24,30H,13,15H2,1-12H3,(H2,29,34)/t20-,21+,24-,28-/m1/s1. The zero-order valence-corrected chi connectivity index (χ0v) is 31.1. The molecule has 45 heavy (non-hydrogen) atoms. The Morgan fingerprint density at radius 1 is 1.07 bits per heavy atom. The van der Waals surface area contributed by atoms with Gasteiger partial charge in [-0.1, -0.05) is 41.5 Å². The van der Waals surface area contributed by atoms with E-state index < -0.39 is 85.3 Å². The molecule has 2 aliphatic heterocycles. The van der Waals surface area contributed by atoms with Crippen LogP contribution in [0.3, 0.4) is 0 Å². The van der Waals surface area contributed by atoms with Crippen LogP contribution in [0.1, 0.15) is 53.3 Å². The van der Waals surface area contributed by atoms with Crippen molar-refractivity contribution in [1.82, 2.24) is 14.5 Å². The van der Waals surface area contributed by atoms with Gasteiger partial charge in [0.25, 0.3) is 21.6 Å². The maximum Gasteiger partial charge on any atom is 0.332 e. The predicted octanol–water partition coefficient (Wildman–Crippen LogP) is 1.75. The molecule has 0 aliphatic carbocycles. The Kier molecular flexibility index (Phi) is 9.87. The Morgan fingerprint density at radius 3 is 2.13 bits per heavy atom. The first-order chi connectivity index (χ1) is 20.2. The fourth-order valence-electron chi connectivity index (χ4n) is 4.64. The van der Waals surface area contributed by atoms with E-state index in [2.05, 4.69) is 5.32 Å². The molecule has 1 fully saturated rings. The van der Waals surface area contributed by atoms with Gasteiger partial charge in [0.05, 0.1) is 24.3 Å². The average Bonchev–Trinajstić information content (AvgIpc) is 3.32. The number of amides is 1. The van der Waals surface area contributed by atoms with Gasteiger partial charge in [-0.25, -0.2) is 8.98 Å². The summed E-state index contributed by atoms with van der Waals surface area (Å²) >= 11 is 0. The van der Waals surface area contributed by atoms with E-state index in [1.54, 1.807) is 6.92 Å². The lowest BCUT2D eigenvalue weighted by Gasteiger charge is -2.44. The number of nitrogens with one attached hydrogen (secondary N) is 1. The van der Waals surface area contributed by atoms with Gasteiger partial charge in [-0.15, -0.1) is 0 Å². The number of ketones is 1. The minimum atomic E-state index is -4.42. The van der Waals surface area contributed by atoms with Gasteiger partial charge in [-0.3, -0.25) is 23.5 Å². The summed E-state index contributed by atoms with van der Waals surface area (Å²) in [7, 11) is -8.37. The molecule has 1 saturated heterocycles. The maximum absolute atomic E-state index is 13.6. The fraction of sp³-hybridized carbons (Fsp3) is 0.714. The lowest BCUT2D eigenvalue weighted by Crippen LogP contribution is -2.60. The van der Waals surface area contributed by atoms with Crippen LogP contribution >= 0.6 is 0 Å². The van der Waals surface area contributed by atoms with Crippen LogP contribution < -0.4 is 22.3 Å². The molecule has 3 rings (SSSR count). The van der Waals surface area contributed by atoms with E-state index in [4.69, 9.17) is 23.5 Å². The minimum absolute atomic E-state index is 0.110. The third-order valence-corrected chi connectivity index (χ3v) is 19.5. The van der Waals surface area contributed by atoms with Gasteiger partial charge in [0, 0.05) is 18.8 Å². The molecule has 17 heteroatoms. The molecular formula is C28H48N4O10SSi2. The fourth-order valence-corrected chi connectivity index (χ4v) is 8.21. The molecule has 2 aliphatic rings. The number of aromatic nitrogens is 2. The second kappa shape index (κ2) is 12.0.